The molecule has 0 bridgehead atoms. The third-order valence-corrected chi connectivity index (χ3v) is 4.76. The standard InChI is InChI=1S/C17H20FNO2S/c1-17(20,12-6-8-22-10-12)11-19-15-3-2-7-21-16-5-4-13(18)9-14(15)16/h4-6,8-10,15,19-20H,2-3,7,11H2,1H3. The Bertz CT molecular complexity index is 628. The minimum absolute atomic E-state index is 0.0155. The van der Waals surface area contributed by atoms with Crippen molar-refractivity contribution < 1.29 is 14.2 Å². The molecule has 2 N–H and O–H groups in total. The Morgan fingerprint density at radius 2 is 2.32 bits per heavy atom. The van der Waals surface area contributed by atoms with E-state index < -0.39 is 5.60 Å². The van der Waals surface area contributed by atoms with Gasteiger partial charge >= 0.3 is 0 Å². The van der Waals surface area contributed by atoms with Crippen molar-refractivity contribution in [1.82, 2.24) is 5.32 Å². The van der Waals surface area contributed by atoms with Gasteiger partial charge in [0.1, 0.15) is 17.2 Å². The van der Waals surface area contributed by atoms with E-state index in [9.17, 15) is 9.50 Å². The lowest BCUT2D eigenvalue weighted by Gasteiger charge is -2.27. The summed E-state index contributed by atoms with van der Waals surface area (Å²) in [6.07, 6.45) is 1.75. The Morgan fingerprint density at radius 3 is 3.09 bits per heavy atom. The third-order valence-electron chi connectivity index (χ3n) is 4.08. The van der Waals surface area contributed by atoms with Crippen LogP contribution in [0, 0.1) is 5.82 Å². The largest absolute Gasteiger partial charge is 0.493 e. The first-order valence-corrected chi connectivity index (χ1v) is 8.41. The molecule has 5 heteroatoms. The molecule has 1 aliphatic heterocycles. The first-order valence-electron chi connectivity index (χ1n) is 7.47. The van der Waals surface area contributed by atoms with Crippen molar-refractivity contribution >= 4 is 11.3 Å². The van der Waals surface area contributed by atoms with Crippen LogP contribution in [0.1, 0.15) is 36.9 Å². The van der Waals surface area contributed by atoms with E-state index in [1.54, 1.807) is 24.3 Å². The summed E-state index contributed by atoms with van der Waals surface area (Å²) in [5.41, 5.74) is 0.786. The van der Waals surface area contributed by atoms with E-state index in [0.29, 0.717) is 13.2 Å². The number of rotatable bonds is 4. The van der Waals surface area contributed by atoms with Gasteiger partial charge in [-0.25, -0.2) is 4.39 Å². The van der Waals surface area contributed by atoms with Crippen LogP contribution in [0.3, 0.4) is 0 Å². The van der Waals surface area contributed by atoms with E-state index in [-0.39, 0.29) is 11.9 Å². The SMILES string of the molecule is CC(O)(CNC1CCCOc2ccc(F)cc21)c1ccsc1. The minimum atomic E-state index is -0.944. The van der Waals surface area contributed by atoms with Crippen LogP contribution in [0.5, 0.6) is 5.75 Å². The van der Waals surface area contributed by atoms with E-state index in [0.717, 1.165) is 29.7 Å². The number of thiophene rings is 1. The van der Waals surface area contributed by atoms with Crippen LogP contribution in [0.2, 0.25) is 0 Å². The second kappa shape index (κ2) is 6.36. The monoisotopic (exact) mass is 321 g/mol. The van der Waals surface area contributed by atoms with Crippen LogP contribution >= 0.6 is 11.3 Å². The predicted octanol–water partition coefficient (Wildman–Crippen LogP) is 3.60. The van der Waals surface area contributed by atoms with E-state index in [1.165, 1.54) is 12.1 Å². The number of hydrogen-bond acceptors (Lipinski definition) is 4. The molecule has 2 aromatic rings. The number of ether oxygens (including phenoxy) is 1. The molecule has 1 aromatic carbocycles. The van der Waals surface area contributed by atoms with E-state index >= 15 is 0 Å². The molecule has 22 heavy (non-hydrogen) atoms. The van der Waals surface area contributed by atoms with Crippen LogP contribution in [0.4, 0.5) is 4.39 Å². The molecule has 0 saturated heterocycles. The molecule has 0 spiro atoms. The summed E-state index contributed by atoms with van der Waals surface area (Å²) < 4.78 is 19.2. The highest BCUT2D eigenvalue weighted by Crippen LogP contribution is 2.33. The summed E-state index contributed by atoms with van der Waals surface area (Å²) in [5.74, 6) is 0.465. The van der Waals surface area contributed by atoms with E-state index in [2.05, 4.69) is 5.32 Å². The van der Waals surface area contributed by atoms with E-state index in [1.807, 2.05) is 16.8 Å². The Morgan fingerprint density at radius 1 is 1.45 bits per heavy atom. The number of benzene rings is 1. The van der Waals surface area contributed by atoms with Crippen LogP contribution in [0.15, 0.2) is 35.0 Å². The topological polar surface area (TPSA) is 41.5 Å². The zero-order chi connectivity index (χ0) is 15.6. The van der Waals surface area contributed by atoms with Gasteiger partial charge in [0.05, 0.1) is 6.61 Å². The fourth-order valence-corrected chi connectivity index (χ4v) is 3.54. The van der Waals surface area contributed by atoms with Crippen molar-refractivity contribution in [3.63, 3.8) is 0 Å². The molecule has 0 radical (unpaired) electrons. The maximum Gasteiger partial charge on any atom is 0.124 e. The molecule has 118 valence electrons. The number of aliphatic hydroxyl groups is 1. The zero-order valence-corrected chi connectivity index (χ0v) is 13.3. The van der Waals surface area contributed by atoms with Crippen LogP contribution in [-0.2, 0) is 5.60 Å². The summed E-state index contributed by atoms with van der Waals surface area (Å²) in [5, 5.41) is 17.9. The van der Waals surface area contributed by atoms with E-state index in [4.69, 9.17) is 4.74 Å². The molecular weight excluding hydrogens is 301 g/mol. The van der Waals surface area contributed by atoms with Crippen LogP contribution in [0.25, 0.3) is 0 Å². The van der Waals surface area contributed by atoms with Crippen molar-refractivity contribution in [3.8, 4) is 5.75 Å². The van der Waals surface area contributed by atoms with Gasteiger partial charge in [0.25, 0.3) is 0 Å². The Kier molecular flexibility index (Phi) is 4.47. The van der Waals surface area contributed by atoms with Crippen molar-refractivity contribution in [2.75, 3.05) is 13.2 Å². The van der Waals surface area contributed by atoms with Crippen molar-refractivity contribution in [2.24, 2.45) is 0 Å². The van der Waals surface area contributed by atoms with Gasteiger partial charge in [-0.3, -0.25) is 0 Å². The predicted molar refractivity (Wildman–Crippen MR) is 85.8 cm³/mol. The molecule has 0 saturated carbocycles. The average molecular weight is 321 g/mol. The molecule has 0 fully saturated rings. The highest BCUT2D eigenvalue weighted by molar-refractivity contribution is 7.08. The lowest BCUT2D eigenvalue weighted by Crippen LogP contribution is -2.37. The summed E-state index contributed by atoms with van der Waals surface area (Å²) in [6, 6.07) is 6.54. The molecule has 3 nitrogen and oxygen atoms in total. The van der Waals surface area contributed by atoms with Gasteiger partial charge < -0.3 is 15.2 Å². The van der Waals surface area contributed by atoms with Crippen molar-refractivity contribution in [1.29, 1.82) is 0 Å². The molecule has 2 unspecified atom stereocenters. The van der Waals surface area contributed by atoms with Gasteiger partial charge in [0, 0.05) is 18.2 Å². The zero-order valence-electron chi connectivity index (χ0n) is 12.5. The van der Waals surface area contributed by atoms with Gasteiger partial charge in [-0.05, 0) is 60.4 Å². The lowest BCUT2D eigenvalue weighted by atomic mass is 9.96. The Labute approximate surface area is 133 Å². The molecule has 0 amide bonds. The smallest absolute Gasteiger partial charge is 0.124 e. The van der Waals surface area contributed by atoms with Gasteiger partial charge in [-0.2, -0.15) is 11.3 Å². The lowest BCUT2D eigenvalue weighted by molar-refractivity contribution is 0.0538. The third kappa shape index (κ3) is 3.32. The molecule has 2 heterocycles. The normalized spacial score (nSPS) is 20.6. The van der Waals surface area contributed by atoms with Gasteiger partial charge in [0.2, 0.25) is 0 Å². The first kappa shape index (κ1) is 15.5. The first-order chi connectivity index (χ1) is 10.6. The second-order valence-corrected chi connectivity index (χ2v) is 6.67. The highest BCUT2D eigenvalue weighted by atomic mass is 32.1. The summed E-state index contributed by atoms with van der Waals surface area (Å²) in [4.78, 5) is 0. The van der Waals surface area contributed by atoms with Crippen LogP contribution < -0.4 is 10.1 Å². The Hall–Kier alpha value is -1.43. The molecule has 0 aliphatic carbocycles. The number of fused-ring (bicyclic) bond motifs is 1. The van der Waals surface area contributed by atoms with Gasteiger partial charge in [-0.15, -0.1) is 0 Å². The van der Waals surface area contributed by atoms with Crippen molar-refractivity contribution in [2.45, 2.75) is 31.4 Å². The van der Waals surface area contributed by atoms with Gasteiger partial charge in [0.15, 0.2) is 0 Å². The highest BCUT2D eigenvalue weighted by Gasteiger charge is 2.27. The summed E-state index contributed by atoms with van der Waals surface area (Å²) >= 11 is 1.56. The minimum Gasteiger partial charge on any atom is -0.493 e. The number of hydrogen-bond donors (Lipinski definition) is 2. The molecule has 2 atom stereocenters. The Balaban J connectivity index is 1.77. The summed E-state index contributed by atoms with van der Waals surface area (Å²) in [7, 11) is 0. The maximum atomic E-state index is 13.6. The van der Waals surface area contributed by atoms with Crippen molar-refractivity contribution in [3.05, 3.63) is 52.0 Å². The summed E-state index contributed by atoms with van der Waals surface area (Å²) in [6.45, 7) is 2.84. The molecule has 1 aliphatic rings. The molecule has 3 rings (SSSR count). The second-order valence-electron chi connectivity index (χ2n) is 5.89. The van der Waals surface area contributed by atoms with Crippen LogP contribution in [-0.4, -0.2) is 18.3 Å². The average Bonchev–Trinajstić information content (AvgIpc) is 2.96. The fourth-order valence-electron chi connectivity index (χ4n) is 2.76. The molecular formula is C17H20FNO2S. The molecule has 1 aromatic heterocycles. The maximum absolute atomic E-state index is 13.6. The van der Waals surface area contributed by atoms with Gasteiger partial charge in [-0.1, -0.05) is 0 Å². The number of nitrogens with one attached hydrogen (secondary N) is 1. The number of halogens is 1. The quantitative estimate of drug-likeness (QED) is 0.904. The fraction of sp³-hybridized carbons (Fsp3) is 0.412.